The molecule has 4 nitrogen and oxygen atoms in total. The molecular weight excluding hydrogens is 239 g/mol. The van der Waals surface area contributed by atoms with Gasteiger partial charge in [0.25, 0.3) is 0 Å². The molecule has 1 aromatic rings. The number of nitriles is 1. The molecule has 0 atom stereocenters. The Morgan fingerprint density at radius 2 is 2.12 bits per heavy atom. The van der Waals surface area contributed by atoms with Crippen LogP contribution in [0.3, 0.4) is 0 Å². The Hall–Kier alpha value is -2.23. The highest BCUT2D eigenvalue weighted by Gasteiger charge is 2.23. The molecule has 90 valence electrons. The fourth-order valence-corrected chi connectivity index (χ4v) is 1.16. The summed E-state index contributed by atoms with van der Waals surface area (Å²) >= 11 is 0. The minimum absolute atomic E-state index is 0.579. The molecule has 0 aromatic heterocycles. The molecule has 1 aromatic carbocycles. The van der Waals surface area contributed by atoms with Crippen LogP contribution in [0.15, 0.2) is 12.1 Å². The Balaban J connectivity index is 3.37. The van der Waals surface area contributed by atoms with E-state index in [0.29, 0.717) is 0 Å². The zero-order valence-corrected chi connectivity index (χ0v) is 8.54. The van der Waals surface area contributed by atoms with E-state index in [1.54, 1.807) is 0 Å². The van der Waals surface area contributed by atoms with Crippen LogP contribution in [-0.4, -0.2) is 19.7 Å². The highest BCUT2D eigenvalue weighted by Crippen LogP contribution is 2.26. The second kappa shape index (κ2) is 5.21. The van der Waals surface area contributed by atoms with Crippen LogP contribution in [0, 0.1) is 17.1 Å². The molecule has 0 fully saturated rings. The van der Waals surface area contributed by atoms with Crippen molar-refractivity contribution >= 4 is 5.97 Å². The number of benzene rings is 1. The fraction of sp³-hybridized carbons (Fsp3) is 0.200. The lowest BCUT2D eigenvalue weighted by Crippen LogP contribution is -2.11. The van der Waals surface area contributed by atoms with Crippen molar-refractivity contribution in [1.82, 2.24) is 0 Å². The Morgan fingerprint density at radius 1 is 1.47 bits per heavy atom. The van der Waals surface area contributed by atoms with E-state index in [4.69, 9.17) is 5.26 Å². The minimum atomic E-state index is -3.18. The van der Waals surface area contributed by atoms with Gasteiger partial charge in [-0.15, -0.1) is 0 Å². The molecule has 0 bridgehead atoms. The third-order valence-corrected chi connectivity index (χ3v) is 1.83. The molecule has 0 N–H and O–H groups in total. The fourth-order valence-electron chi connectivity index (χ4n) is 1.16. The van der Waals surface area contributed by atoms with Gasteiger partial charge in [-0.2, -0.15) is 14.0 Å². The summed E-state index contributed by atoms with van der Waals surface area (Å²) in [6.07, 6.45) is 0. The Labute approximate surface area is 94.2 Å². The van der Waals surface area contributed by atoms with E-state index in [0.717, 1.165) is 19.2 Å². The standard InChI is InChI=1S/C10H6F3NO3/c1-16-9(15)8-5(4-14)7(17-10(12)13)3-2-6(8)11/h2-3,10H,1H3. The third-order valence-electron chi connectivity index (χ3n) is 1.83. The molecule has 0 saturated heterocycles. The van der Waals surface area contributed by atoms with Gasteiger partial charge in [-0.05, 0) is 12.1 Å². The molecule has 17 heavy (non-hydrogen) atoms. The average molecular weight is 245 g/mol. The van der Waals surface area contributed by atoms with Crippen LogP contribution in [0.25, 0.3) is 0 Å². The van der Waals surface area contributed by atoms with E-state index >= 15 is 0 Å². The summed E-state index contributed by atoms with van der Waals surface area (Å²) in [5, 5.41) is 8.73. The summed E-state index contributed by atoms with van der Waals surface area (Å²) in [7, 11) is 0.976. The van der Waals surface area contributed by atoms with Crippen LogP contribution in [0.2, 0.25) is 0 Å². The maximum Gasteiger partial charge on any atom is 0.387 e. The van der Waals surface area contributed by atoms with Gasteiger partial charge in [-0.3, -0.25) is 0 Å². The molecule has 0 aliphatic heterocycles. The number of carbonyl (C=O) groups is 1. The predicted molar refractivity (Wildman–Crippen MR) is 49.1 cm³/mol. The zero-order valence-electron chi connectivity index (χ0n) is 8.54. The maximum absolute atomic E-state index is 13.3. The molecule has 0 aliphatic rings. The van der Waals surface area contributed by atoms with E-state index in [1.807, 2.05) is 0 Å². The van der Waals surface area contributed by atoms with Gasteiger partial charge in [-0.25, -0.2) is 9.18 Å². The summed E-state index contributed by atoms with van der Waals surface area (Å²) < 4.78 is 45.6. The molecule has 0 radical (unpaired) electrons. The number of hydrogen-bond acceptors (Lipinski definition) is 4. The summed E-state index contributed by atoms with van der Waals surface area (Å²) in [5.41, 5.74) is -1.36. The number of rotatable bonds is 3. The first-order valence-electron chi connectivity index (χ1n) is 4.27. The smallest absolute Gasteiger partial charge is 0.387 e. The Kier molecular flexibility index (Phi) is 3.93. The highest BCUT2D eigenvalue weighted by molar-refractivity contribution is 5.93. The van der Waals surface area contributed by atoms with Gasteiger partial charge in [0.15, 0.2) is 0 Å². The number of carbonyl (C=O) groups excluding carboxylic acids is 1. The van der Waals surface area contributed by atoms with Crippen molar-refractivity contribution in [3.8, 4) is 11.8 Å². The molecule has 0 spiro atoms. The SMILES string of the molecule is COC(=O)c1c(F)ccc(OC(F)F)c1C#N. The molecule has 0 amide bonds. The Morgan fingerprint density at radius 3 is 2.59 bits per heavy atom. The largest absolute Gasteiger partial charge is 0.465 e. The van der Waals surface area contributed by atoms with Crippen LogP contribution in [0.1, 0.15) is 15.9 Å². The molecule has 0 unspecified atom stereocenters. The van der Waals surface area contributed by atoms with E-state index in [1.165, 1.54) is 6.07 Å². The third kappa shape index (κ3) is 2.66. The van der Waals surface area contributed by atoms with E-state index in [2.05, 4.69) is 9.47 Å². The lowest BCUT2D eigenvalue weighted by molar-refractivity contribution is -0.0501. The van der Waals surface area contributed by atoms with E-state index in [9.17, 15) is 18.0 Å². The second-order valence-corrected chi connectivity index (χ2v) is 2.78. The number of methoxy groups -OCH3 is 1. The van der Waals surface area contributed by atoms with Gasteiger partial charge in [0.1, 0.15) is 28.8 Å². The van der Waals surface area contributed by atoms with Crippen molar-refractivity contribution in [3.05, 3.63) is 29.1 Å². The van der Waals surface area contributed by atoms with Crippen LogP contribution in [-0.2, 0) is 4.74 Å². The van der Waals surface area contributed by atoms with Gasteiger partial charge >= 0.3 is 12.6 Å². The first kappa shape index (κ1) is 12.8. The summed E-state index contributed by atoms with van der Waals surface area (Å²) in [6, 6.07) is 3.01. The first-order chi connectivity index (χ1) is 8.01. The van der Waals surface area contributed by atoms with Crippen molar-refractivity contribution in [3.63, 3.8) is 0 Å². The number of nitrogens with zero attached hydrogens (tertiary/aromatic N) is 1. The molecular formula is C10H6F3NO3. The number of esters is 1. The van der Waals surface area contributed by atoms with Crippen molar-refractivity contribution in [2.24, 2.45) is 0 Å². The number of hydrogen-bond donors (Lipinski definition) is 0. The van der Waals surface area contributed by atoms with Gasteiger partial charge < -0.3 is 9.47 Å². The first-order valence-corrected chi connectivity index (χ1v) is 4.27. The van der Waals surface area contributed by atoms with Gasteiger partial charge in [0.2, 0.25) is 0 Å². The molecule has 0 heterocycles. The van der Waals surface area contributed by atoms with Gasteiger partial charge in [-0.1, -0.05) is 0 Å². The van der Waals surface area contributed by atoms with E-state index in [-0.39, 0.29) is 0 Å². The van der Waals surface area contributed by atoms with Crippen LogP contribution < -0.4 is 4.74 Å². The Bertz CT molecular complexity index is 482. The normalized spacial score (nSPS) is 9.88. The topological polar surface area (TPSA) is 59.3 Å². The summed E-state index contributed by atoms with van der Waals surface area (Å²) in [6.45, 7) is -3.18. The van der Waals surface area contributed by atoms with E-state index < -0.39 is 35.3 Å². The predicted octanol–water partition coefficient (Wildman–Crippen LogP) is 2.09. The van der Waals surface area contributed by atoms with Crippen LogP contribution >= 0.6 is 0 Å². The average Bonchev–Trinajstić information content (AvgIpc) is 2.29. The molecule has 0 saturated carbocycles. The summed E-state index contributed by atoms with van der Waals surface area (Å²) in [5.74, 6) is -2.77. The maximum atomic E-state index is 13.3. The summed E-state index contributed by atoms with van der Waals surface area (Å²) in [4.78, 5) is 11.2. The van der Waals surface area contributed by atoms with Gasteiger partial charge in [0, 0.05) is 0 Å². The second-order valence-electron chi connectivity index (χ2n) is 2.78. The zero-order chi connectivity index (χ0) is 13.0. The molecule has 0 aliphatic carbocycles. The molecule has 1 rings (SSSR count). The van der Waals surface area contributed by atoms with Crippen molar-refractivity contribution < 1.29 is 27.4 Å². The van der Waals surface area contributed by atoms with Crippen molar-refractivity contribution in [2.45, 2.75) is 6.61 Å². The highest BCUT2D eigenvalue weighted by atomic mass is 19.3. The van der Waals surface area contributed by atoms with Crippen LogP contribution in [0.5, 0.6) is 5.75 Å². The quantitative estimate of drug-likeness (QED) is 0.765. The van der Waals surface area contributed by atoms with Crippen molar-refractivity contribution in [1.29, 1.82) is 5.26 Å². The monoisotopic (exact) mass is 245 g/mol. The van der Waals surface area contributed by atoms with Crippen LogP contribution in [0.4, 0.5) is 13.2 Å². The molecule has 7 heteroatoms. The van der Waals surface area contributed by atoms with Crippen molar-refractivity contribution in [2.75, 3.05) is 7.11 Å². The number of halogens is 3. The lowest BCUT2D eigenvalue weighted by Gasteiger charge is -2.09. The lowest BCUT2D eigenvalue weighted by atomic mass is 10.1. The van der Waals surface area contributed by atoms with Gasteiger partial charge in [0.05, 0.1) is 7.11 Å². The number of alkyl halides is 2. The number of ether oxygens (including phenoxy) is 2. The minimum Gasteiger partial charge on any atom is -0.465 e.